The fourth-order valence-electron chi connectivity index (χ4n) is 1.85. The molecule has 0 saturated heterocycles. The second kappa shape index (κ2) is 4.29. The standard InChI is InChI=1S/C12H13F2N3O/c1-12(13,14)11-7(4-3-5-9(11)18-2)8-6-10(15)17-16-8/h3-6H,1-2H3,(H3,15,16,17). The highest BCUT2D eigenvalue weighted by Crippen LogP contribution is 2.41. The lowest BCUT2D eigenvalue weighted by atomic mass is 9.99. The molecule has 96 valence electrons. The van der Waals surface area contributed by atoms with Gasteiger partial charge in [0.05, 0.1) is 18.4 Å². The van der Waals surface area contributed by atoms with Gasteiger partial charge in [0.1, 0.15) is 11.6 Å². The van der Waals surface area contributed by atoms with Crippen LogP contribution in [0.25, 0.3) is 11.3 Å². The third-order valence-electron chi connectivity index (χ3n) is 2.57. The molecule has 1 aromatic heterocycles. The Kier molecular flexibility index (Phi) is 2.94. The van der Waals surface area contributed by atoms with Gasteiger partial charge >= 0.3 is 0 Å². The number of rotatable bonds is 3. The van der Waals surface area contributed by atoms with Crippen molar-refractivity contribution in [2.75, 3.05) is 12.8 Å². The van der Waals surface area contributed by atoms with Crippen molar-refractivity contribution in [2.24, 2.45) is 0 Å². The Morgan fingerprint density at radius 2 is 2.11 bits per heavy atom. The number of hydrogen-bond acceptors (Lipinski definition) is 3. The average molecular weight is 253 g/mol. The molecule has 0 aliphatic rings. The van der Waals surface area contributed by atoms with E-state index in [9.17, 15) is 8.78 Å². The zero-order valence-corrected chi connectivity index (χ0v) is 10.00. The molecule has 3 N–H and O–H groups in total. The smallest absolute Gasteiger partial charge is 0.274 e. The van der Waals surface area contributed by atoms with Crippen molar-refractivity contribution >= 4 is 5.82 Å². The predicted octanol–water partition coefficient (Wildman–Crippen LogP) is 2.78. The van der Waals surface area contributed by atoms with E-state index in [0.717, 1.165) is 6.92 Å². The molecule has 6 heteroatoms. The van der Waals surface area contributed by atoms with Crippen molar-refractivity contribution < 1.29 is 13.5 Å². The molecule has 0 fully saturated rings. The molecule has 0 bridgehead atoms. The first-order chi connectivity index (χ1) is 8.43. The van der Waals surface area contributed by atoms with E-state index in [-0.39, 0.29) is 17.1 Å². The van der Waals surface area contributed by atoms with Crippen molar-refractivity contribution in [1.82, 2.24) is 10.2 Å². The Labute approximate surface area is 103 Å². The van der Waals surface area contributed by atoms with Crippen LogP contribution in [0.4, 0.5) is 14.6 Å². The summed E-state index contributed by atoms with van der Waals surface area (Å²) in [6, 6.07) is 6.21. The summed E-state index contributed by atoms with van der Waals surface area (Å²) in [6.45, 7) is 0.827. The van der Waals surface area contributed by atoms with E-state index in [4.69, 9.17) is 10.5 Å². The number of aromatic amines is 1. The number of aromatic nitrogens is 2. The highest BCUT2D eigenvalue weighted by Gasteiger charge is 2.32. The lowest BCUT2D eigenvalue weighted by Gasteiger charge is -2.18. The van der Waals surface area contributed by atoms with Gasteiger partial charge in [-0.2, -0.15) is 5.10 Å². The minimum Gasteiger partial charge on any atom is -0.496 e. The molecule has 0 radical (unpaired) electrons. The van der Waals surface area contributed by atoms with Gasteiger partial charge in [0.2, 0.25) is 0 Å². The van der Waals surface area contributed by atoms with Crippen LogP contribution in [-0.4, -0.2) is 17.3 Å². The van der Waals surface area contributed by atoms with Gasteiger partial charge in [0.25, 0.3) is 5.92 Å². The Balaban J connectivity index is 2.67. The highest BCUT2D eigenvalue weighted by molar-refractivity contribution is 5.69. The Hall–Kier alpha value is -2.11. The number of nitrogens with two attached hydrogens (primary N) is 1. The van der Waals surface area contributed by atoms with Gasteiger partial charge in [-0.1, -0.05) is 12.1 Å². The molecule has 4 nitrogen and oxygen atoms in total. The molecule has 2 aromatic rings. The fourth-order valence-corrected chi connectivity index (χ4v) is 1.85. The number of ether oxygens (including phenoxy) is 1. The molecule has 0 amide bonds. The average Bonchev–Trinajstić information content (AvgIpc) is 2.73. The third-order valence-corrected chi connectivity index (χ3v) is 2.57. The third kappa shape index (κ3) is 2.13. The Morgan fingerprint density at radius 1 is 1.39 bits per heavy atom. The lowest BCUT2D eigenvalue weighted by Crippen LogP contribution is -2.11. The second-order valence-electron chi connectivity index (χ2n) is 3.98. The van der Waals surface area contributed by atoms with Crippen molar-refractivity contribution in [3.8, 4) is 17.0 Å². The van der Waals surface area contributed by atoms with E-state index in [1.165, 1.54) is 19.2 Å². The van der Waals surface area contributed by atoms with Crippen LogP contribution in [-0.2, 0) is 5.92 Å². The maximum atomic E-state index is 13.7. The van der Waals surface area contributed by atoms with E-state index in [1.54, 1.807) is 12.1 Å². The van der Waals surface area contributed by atoms with Crippen LogP contribution >= 0.6 is 0 Å². The van der Waals surface area contributed by atoms with Crippen molar-refractivity contribution in [3.05, 3.63) is 29.8 Å². The SMILES string of the molecule is COc1cccc(-c2cc(N)n[nH]2)c1C(C)(F)F. The summed E-state index contributed by atoms with van der Waals surface area (Å²) >= 11 is 0. The summed E-state index contributed by atoms with van der Waals surface area (Å²) in [7, 11) is 1.36. The van der Waals surface area contributed by atoms with Gasteiger partial charge in [-0.15, -0.1) is 0 Å². The summed E-state index contributed by atoms with van der Waals surface area (Å²) in [4.78, 5) is 0. The molecule has 1 aromatic carbocycles. The number of H-pyrrole nitrogens is 1. The first kappa shape index (κ1) is 12.3. The lowest BCUT2D eigenvalue weighted by molar-refractivity contribution is 0.0157. The normalized spacial score (nSPS) is 11.6. The summed E-state index contributed by atoms with van der Waals surface area (Å²) < 4.78 is 32.4. The summed E-state index contributed by atoms with van der Waals surface area (Å²) in [6.07, 6.45) is 0. The highest BCUT2D eigenvalue weighted by atomic mass is 19.3. The van der Waals surface area contributed by atoms with E-state index in [2.05, 4.69) is 10.2 Å². The molecule has 1 heterocycles. The molecular weight excluding hydrogens is 240 g/mol. The van der Waals surface area contributed by atoms with E-state index in [1.807, 2.05) is 0 Å². The number of alkyl halides is 2. The largest absolute Gasteiger partial charge is 0.496 e. The Morgan fingerprint density at radius 3 is 2.61 bits per heavy atom. The van der Waals surface area contributed by atoms with E-state index < -0.39 is 5.92 Å². The van der Waals surface area contributed by atoms with Gasteiger partial charge in [-0.25, -0.2) is 8.78 Å². The second-order valence-corrected chi connectivity index (χ2v) is 3.98. The minimum atomic E-state index is -3.03. The predicted molar refractivity (Wildman–Crippen MR) is 64.6 cm³/mol. The zero-order valence-electron chi connectivity index (χ0n) is 10.00. The molecule has 0 saturated carbocycles. The zero-order chi connectivity index (χ0) is 13.3. The fraction of sp³-hybridized carbons (Fsp3) is 0.250. The maximum absolute atomic E-state index is 13.7. The quantitative estimate of drug-likeness (QED) is 0.884. The number of anilines is 1. The molecule has 0 aliphatic carbocycles. The van der Waals surface area contributed by atoms with Crippen LogP contribution in [0, 0.1) is 0 Å². The van der Waals surface area contributed by atoms with Gasteiger partial charge in [-0.05, 0) is 6.07 Å². The summed E-state index contributed by atoms with van der Waals surface area (Å²) in [5.41, 5.74) is 6.06. The molecular formula is C12H13F2N3O. The minimum absolute atomic E-state index is 0.133. The van der Waals surface area contributed by atoms with E-state index in [0.29, 0.717) is 11.3 Å². The number of methoxy groups -OCH3 is 1. The van der Waals surface area contributed by atoms with Crippen molar-refractivity contribution in [3.63, 3.8) is 0 Å². The van der Waals surface area contributed by atoms with Crippen LogP contribution < -0.4 is 10.5 Å². The summed E-state index contributed by atoms with van der Waals surface area (Å²) in [5.74, 6) is -2.65. The van der Waals surface area contributed by atoms with Gasteiger partial charge in [0.15, 0.2) is 0 Å². The molecule has 0 unspecified atom stereocenters. The van der Waals surface area contributed by atoms with Gasteiger partial charge < -0.3 is 10.5 Å². The number of halogens is 2. The molecule has 18 heavy (non-hydrogen) atoms. The maximum Gasteiger partial charge on any atom is 0.274 e. The number of nitrogens with one attached hydrogen (secondary N) is 1. The van der Waals surface area contributed by atoms with Crippen LogP contribution in [0.15, 0.2) is 24.3 Å². The molecule has 0 aliphatic heterocycles. The monoisotopic (exact) mass is 253 g/mol. The topological polar surface area (TPSA) is 63.9 Å². The van der Waals surface area contributed by atoms with Crippen LogP contribution in [0.5, 0.6) is 5.75 Å². The number of nitrogen functional groups attached to an aromatic ring is 1. The molecule has 0 spiro atoms. The van der Waals surface area contributed by atoms with Crippen molar-refractivity contribution in [2.45, 2.75) is 12.8 Å². The van der Waals surface area contributed by atoms with E-state index >= 15 is 0 Å². The van der Waals surface area contributed by atoms with Gasteiger partial charge in [0, 0.05) is 18.6 Å². The molecule has 0 atom stereocenters. The van der Waals surface area contributed by atoms with Gasteiger partial charge in [-0.3, -0.25) is 5.10 Å². The number of nitrogens with zero attached hydrogens (tertiary/aromatic N) is 1. The van der Waals surface area contributed by atoms with Crippen molar-refractivity contribution in [1.29, 1.82) is 0 Å². The first-order valence-corrected chi connectivity index (χ1v) is 5.30. The van der Waals surface area contributed by atoms with Crippen LogP contribution in [0.1, 0.15) is 12.5 Å². The van der Waals surface area contributed by atoms with Crippen LogP contribution in [0.3, 0.4) is 0 Å². The Bertz CT molecular complexity index is 561. The first-order valence-electron chi connectivity index (χ1n) is 5.30. The number of benzene rings is 1. The summed E-state index contributed by atoms with van der Waals surface area (Å²) in [5, 5.41) is 6.36. The number of hydrogen-bond donors (Lipinski definition) is 2. The van der Waals surface area contributed by atoms with Crippen LogP contribution in [0.2, 0.25) is 0 Å². The molecule has 2 rings (SSSR count).